The smallest absolute Gasteiger partial charge is 0.277 e. The van der Waals surface area contributed by atoms with Gasteiger partial charge in [-0.2, -0.15) is 0 Å². The van der Waals surface area contributed by atoms with Crippen molar-refractivity contribution in [3.05, 3.63) is 34.4 Å². The standard InChI is InChI=1S/C9H9BrN4OS/c10-6-1-2-7(12-4-6)5-16-9-14-13-8(3-11)15-9/h1-2,4H,3,5,11H2. The van der Waals surface area contributed by atoms with Gasteiger partial charge >= 0.3 is 0 Å². The lowest BCUT2D eigenvalue weighted by Gasteiger charge is -1.96. The van der Waals surface area contributed by atoms with Crippen LogP contribution < -0.4 is 5.73 Å². The Balaban J connectivity index is 1.94. The van der Waals surface area contributed by atoms with Gasteiger partial charge in [0.05, 0.1) is 12.2 Å². The fraction of sp³-hybridized carbons (Fsp3) is 0.222. The van der Waals surface area contributed by atoms with Crippen molar-refractivity contribution < 1.29 is 4.42 Å². The zero-order valence-corrected chi connectivity index (χ0v) is 10.7. The number of hydrogen-bond donors (Lipinski definition) is 1. The number of halogens is 1. The fourth-order valence-electron chi connectivity index (χ4n) is 1.01. The first-order chi connectivity index (χ1) is 7.78. The quantitative estimate of drug-likeness (QED) is 0.870. The van der Waals surface area contributed by atoms with E-state index >= 15 is 0 Å². The minimum atomic E-state index is 0.268. The molecule has 0 aliphatic rings. The summed E-state index contributed by atoms with van der Waals surface area (Å²) in [6, 6.07) is 3.89. The Hall–Kier alpha value is -0.920. The third kappa shape index (κ3) is 3.03. The molecule has 2 heterocycles. The second-order valence-corrected chi connectivity index (χ2v) is 4.76. The Morgan fingerprint density at radius 3 is 2.88 bits per heavy atom. The molecule has 2 N–H and O–H groups in total. The van der Waals surface area contributed by atoms with Gasteiger partial charge in [0.25, 0.3) is 5.22 Å². The predicted octanol–water partition coefficient (Wildman–Crippen LogP) is 1.98. The maximum Gasteiger partial charge on any atom is 0.277 e. The molecule has 0 spiro atoms. The van der Waals surface area contributed by atoms with Gasteiger partial charge in [-0.1, -0.05) is 11.8 Å². The van der Waals surface area contributed by atoms with Gasteiger partial charge < -0.3 is 10.2 Å². The topological polar surface area (TPSA) is 77.8 Å². The fourth-order valence-corrected chi connectivity index (χ4v) is 1.94. The van der Waals surface area contributed by atoms with Gasteiger partial charge in [-0.05, 0) is 28.1 Å². The summed E-state index contributed by atoms with van der Waals surface area (Å²) in [5, 5.41) is 8.14. The molecule has 0 bridgehead atoms. The van der Waals surface area contributed by atoms with E-state index < -0.39 is 0 Å². The summed E-state index contributed by atoms with van der Waals surface area (Å²) in [4.78, 5) is 4.24. The van der Waals surface area contributed by atoms with Crippen molar-refractivity contribution in [1.82, 2.24) is 15.2 Å². The van der Waals surface area contributed by atoms with E-state index in [0.717, 1.165) is 10.2 Å². The van der Waals surface area contributed by atoms with E-state index in [0.29, 0.717) is 16.9 Å². The van der Waals surface area contributed by atoms with Gasteiger partial charge in [0.2, 0.25) is 5.89 Å². The van der Waals surface area contributed by atoms with Crippen LogP contribution >= 0.6 is 27.7 Å². The summed E-state index contributed by atoms with van der Waals surface area (Å²) in [6.07, 6.45) is 1.76. The molecular weight excluding hydrogens is 292 g/mol. The second kappa shape index (κ2) is 5.42. The molecule has 0 radical (unpaired) electrons. The number of nitrogens with zero attached hydrogens (tertiary/aromatic N) is 3. The molecule has 2 aromatic heterocycles. The molecule has 0 aliphatic heterocycles. The molecule has 0 fully saturated rings. The Kier molecular flexibility index (Phi) is 3.92. The first-order valence-electron chi connectivity index (χ1n) is 4.53. The van der Waals surface area contributed by atoms with Gasteiger partial charge in [0.1, 0.15) is 0 Å². The van der Waals surface area contributed by atoms with Crippen LogP contribution in [0.4, 0.5) is 0 Å². The summed E-state index contributed by atoms with van der Waals surface area (Å²) < 4.78 is 6.22. The van der Waals surface area contributed by atoms with E-state index in [-0.39, 0.29) is 6.54 Å². The Morgan fingerprint density at radius 1 is 1.38 bits per heavy atom. The van der Waals surface area contributed by atoms with Crippen LogP contribution in [-0.4, -0.2) is 15.2 Å². The molecule has 0 saturated carbocycles. The van der Waals surface area contributed by atoms with Crippen molar-refractivity contribution >= 4 is 27.7 Å². The van der Waals surface area contributed by atoms with Crippen molar-refractivity contribution in [1.29, 1.82) is 0 Å². The van der Waals surface area contributed by atoms with Gasteiger partial charge in [0, 0.05) is 16.4 Å². The van der Waals surface area contributed by atoms with Gasteiger partial charge in [0.15, 0.2) is 0 Å². The van der Waals surface area contributed by atoms with E-state index in [1.165, 1.54) is 11.8 Å². The van der Waals surface area contributed by atoms with Gasteiger partial charge in [-0.3, -0.25) is 4.98 Å². The molecule has 0 aliphatic carbocycles. The van der Waals surface area contributed by atoms with Crippen LogP contribution in [0.2, 0.25) is 0 Å². The molecule has 0 atom stereocenters. The highest BCUT2D eigenvalue weighted by atomic mass is 79.9. The molecular formula is C9H9BrN4OS. The van der Waals surface area contributed by atoms with Crippen molar-refractivity contribution in [2.45, 2.75) is 17.5 Å². The highest BCUT2D eigenvalue weighted by molar-refractivity contribution is 9.10. The van der Waals surface area contributed by atoms with Crippen molar-refractivity contribution in [2.24, 2.45) is 5.73 Å². The lowest BCUT2D eigenvalue weighted by molar-refractivity contribution is 0.414. The number of pyridine rings is 1. The third-order valence-electron chi connectivity index (χ3n) is 1.76. The first kappa shape index (κ1) is 11.6. The number of aromatic nitrogens is 3. The van der Waals surface area contributed by atoms with Crippen LogP contribution in [0.3, 0.4) is 0 Å². The molecule has 2 rings (SSSR count). The first-order valence-corrected chi connectivity index (χ1v) is 6.31. The predicted molar refractivity (Wildman–Crippen MR) is 63.7 cm³/mol. The van der Waals surface area contributed by atoms with Gasteiger partial charge in [-0.15, -0.1) is 10.2 Å². The second-order valence-electron chi connectivity index (χ2n) is 2.92. The molecule has 0 aromatic carbocycles. The highest BCUT2D eigenvalue weighted by Crippen LogP contribution is 2.20. The zero-order valence-electron chi connectivity index (χ0n) is 8.26. The summed E-state index contributed by atoms with van der Waals surface area (Å²) in [5.41, 5.74) is 6.32. The molecule has 84 valence electrons. The largest absolute Gasteiger partial charge is 0.415 e. The van der Waals surface area contributed by atoms with Crippen LogP contribution in [0.1, 0.15) is 11.6 Å². The minimum Gasteiger partial charge on any atom is -0.415 e. The molecule has 7 heteroatoms. The van der Waals surface area contributed by atoms with Crippen molar-refractivity contribution in [2.75, 3.05) is 0 Å². The average Bonchev–Trinajstić information content (AvgIpc) is 2.76. The summed E-state index contributed by atoms with van der Waals surface area (Å²) >= 11 is 4.77. The zero-order chi connectivity index (χ0) is 11.4. The summed E-state index contributed by atoms with van der Waals surface area (Å²) in [6.45, 7) is 0.268. The Morgan fingerprint density at radius 2 is 2.25 bits per heavy atom. The van der Waals surface area contributed by atoms with Crippen LogP contribution in [0, 0.1) is 0 Å². The SMILES string of the molecule is NCc1nnc(SCc2ccc(Br)cn2)o1. The molecule has 0 saturated heterocycles. The molecule has 0 amide bonds. The van der Waals surface area contributed by atoms with E-state index in [9.17, 15) is 0 Å². The summed E-state index contributed by atoms with van der Waals surface area (Å²) in [5.74, 6) is 1.14. The van der Waals surface area contributed by atoms with E-state index in [2.05, 4.69) is 31.1 Å². The highest BCUT2D eigenvalue weighted by Gasteiger charge is 2.05. The molecule has 2 aromatic rings. The van der Waals surface area contributed by atoms with Crippen LogP contribution in [0.25, 0.3) is 0 Å². The van der Waals surface area contributed by atoms with Crippen molar-refractivity contribution in [3.8, 4) is 0 Å². The van der Waals surface area contributed by atoms with Crippen LogP contribution in [0.5, 0.6) is 0 Å². The van der Waals surface area contributed by atoms with Crippen LogP contribution in [-0.2, 0) is 12.3 Å². The van der Waals surface area contributed by atoms with E-state index in [1.807, 2.05) is 12.1 Å². The maximum absolute atomic E-state index is 5.36. The molecule has 5 nitrogen and oxygen atoms in total. The monoisotopic (exact) mass is 300 g/mol. The summed E-state index contributed by atoms with van der Waals surface area (Å²) in [7, 11) is 0. The maximum atomic E-state index is 5.36. The molecule has 0 unspecified atom stereocenters. The Bertz CT molecular complexity index is 459. The number of rotatable bonds is 4. The minimum absolute atomic E-state index is 0.268. The Labute approximate surface area is 105 Å². The molecule has 16 heavy (non-hydrogen) atoms. The normalized spacial score (nSPS) is 10.6. The van der Waals surface area contributed by atoms with Crippen LogP contribution in [0.15, 0.2) is 32.4 Å². The number of hydrogen-bond acceptors (Lipinski definition) is 6. The number of thioether (sulfide) groups is 1. The number of nitrogens with two attached hydrogens (primary N) is 1. The third-order valence-corrected chi connectivity index (χ3v) is 3.08. The van der Waals surface area contributed by atoms with Crippen molar-refractivity contribution in [3.63, 3.8) is 0 Å². The average molecular weight is 301 g/mol. The van der Waals surface area contributed by atoms with E-state index in [4.69, 9.17) is 10.2 Å². The van der Waals surface area contributed by atoms with E-state index in [1.54, 1.807) is 6.20 Å². The lowest BCUT2D eigenvalue weighted by atomic mass is 10.4. The van der Waals surface area contributed by atoms with Gasteiger partial charge in [-0.25, -0.2) is 0 Å². The lowest BCUT2D eigenvalue weighted by Crippen LogP contribution is -1.95.